The van der Waals surface area contributed by atoms with Gasteiger partial charge in [-0.2, -0.15) is 0 Å². The lowest BCUT2D eigenvalue weighted by molar-refractivity contribution is -0.151. The first-order valence-electron chi connectivity index (χ1n) is 7.39. The molecule has 118 valence electrons. The number of amides is 1. The quantitative estimate of drug-likeness (QED) is 0.677. The Morgan fingerprint density at radius 1 is 1.43 bits per heavy atom. The van der Waals surface area contributed by atoms with Crippen LogP contribution in [0.1, 0.15) is 39.5 Å². The Labute approximate surface area is 123 Å². The summed E-state index contributed by atoms with van der Waals surface area (Å²) < 4.78 is 5.01. The van der Waals surface area contributed by atoms with E-state index in [4.69, 9.17) is 9.84 Å². The lowest BCUT2D eigenvalue weighted by Crippen LogP contribution is -2.54. The standard InChI is InChI=1S/C14H22N2O5/c1-3-21-13(20)14(6-7-14)15-9(2)11(17)16-8-4-5-10(16)12(18)19/h9-10,15H,3-8H2,1-2H3,(H,18,19). The largest absolute Gasteiger partial charge is 0.480 e. The highest BCUT2D eigenvalue weighted by Crippen LogP contribution is 2.37. The van der Waals surface area contributed by atoms with Crippen LogP contribution in [0.15, 0.2) is 0 Å². The lowest BCUT2D eigenvalue weighted by Gasteiger charge is -2.27. The van der Waals surface area contributed by atoms with E-state index in [9.17, 15) is 14.4 Å². The summed E-state index contributed by atoms with van der Waals surface area (Å²) in [6.07, 6.45) is 2.47. The predicted octanol–water partition coefficient (Wildman–Crippen LogP) is 0.136. The van der Waals surface area contributed by atoms with Gasteiger partial charge in [0.1, 0.15) is 11.6 Å². The Balaban J connectivity index is 1.97. The number of hydrogen-bond donors (Lipinski definition) is 2. The summed E-state index contributed by atoms with van der Waals surface area (Å²) in [4.78, 5) is 36.8. The molecule has 0 aromatic carbocycles. The highest BCUT2D eigenvalue weighted by atomic mass is 16.5. The molecular weight excluding hydrogens is 276 g/mol. The first-order chi connectivity index (χ1) is 9.91. The maximum Gasteiger partial charge on any atom is 0.326 e. The SMILES string of the molecule is CCOC(=O)C1(NC(C)C(=O)N2CCCC2C(=O)O)CC1. The number of carbonyl (C=O) groups excluding carboxylic acids is 2. The maximum atomic E-state index is 12.4. The van der Waals surface area contributed by atoms with Crippen LogP contribution in [0, 0.1) is 0 Å². The Hall–Kier alpha value is -1.63. The molecule has 7 nitrogen and oxygen atoms in total. The van der Waals surface area contributed by atoms with Crippen LogP contribution in [0.25, 0.3) is 0 Å². The van der Waals surface area contributed by atoms with E-state index in [0.717, 1.165) is 0 Å². The summed E-state index contributed by atoms with van der Waals surface area (Å²) in [6.45, 7) is 4.16. The smallest absolute Gasteiger partial charge is 0.326 e. The molecule has 1 saturated heterocycles. The summed E-state index contributed by atoms with van der Waals surface area (Å²) in [7, 11) is 0. The second-order valence-corrected chi connectivity index (χ2v) is 5.70. The molecule has 2 aliphatic rings. The molecule has 7 heteroatoms. The number of hydrogen-bond acceptors (Lipinski definition) is 5. The van der Waals surface area contributed by atoms with E-state index < -0.39 is 23.6 Å². The molecule has 1 aliphatic carbocycles. The fraction of sp³-hybridized carbons (Fsp3) is 0.786. The molecular formula is C14H22N2O5. The number of ether oxygens (including phenoxy) is 1. The van der Waals surface area contributed by atoms with Crippen molar-refractivity contribution in [3.8, 4) is 0 Å². The number of nitrogens with one attached hydrogen (secondary N) is 1. The molecule has 0 radical (unpaired) electrons. The van der Waals surface area contributed by atoms with E-state index in [2.05, 4.69) is 5.32 Å². The predicted molar refractivity (Wildman–Crippen MR) is 73.6 cm³/mol. The van der Waals surface area contributed by atoms with Crippen LogP contribution in [-0.2, 0) is 19.1 Å². The Kier molecular flexibility index (Phi) is 4.51. The van der Waals surface area contributed by atoms with Gasteiger partial charge in [0.2, 0.25) is 5.91 Å². The van der Waals surface area contributed by atoms with Gasteiger partial charge < -0.3 is 14.7 Å². The fourth-order valence-corrected chi connectivity index (χ4v) is 2.81. The summed E-state index contributed by atoms with van der Waals surface area (Å²) >= 11 is 0. The van der Waals surface area contributed by atoms with Crippen LogP contribution in [0.5, 0.6) is 0 Å². The van der Waals surface area contributed by atoms with Crippen molar-refractivity contribution in [3.05, 3.63) is 0 Å². The summed E-state index contributed by atoms with van der Waals surface area (Å²) in [5.41, 5.74) is -0.760. The molecule has 2 rings (SSSR count). The number of likely N-dealkylation sites (tertiary alicyclic amines) is 1. The van der Waals surface area contributed by atoms with E-state index in [1.54, 1.807) is 13.8 Å². The molecule has 1 amide bonds. The minimum atomic E-state index is -0.973. The lowest BCUT2D eigenvalue weighted by atomic mass is 10.1. The van der Waals surface area contributed by atoms with Gasteiger partial charge in [0.15, 0.2) is 0 Å². The highest BCUT2D eigenvalue weighted by molar-refractivity contribution is 5.89. The van der Waals surface area contributed by atoms with Crippen LogP contribution < -0.4 is 5.32 Å². The second-order valence-electron chi connectivity index (χ2n) is 5.70. The zero-order valence-electron chi connectivity index (χ0n) is 12.4. The molecule has 2 N–H and O–H groups in total. The summed E-state index contributed by atoms with van der Waals surface area (Å²) in [6, 6.07) is -1.35. The van der Waals surface area contributed by atoms with E-state index in [-0.39, 0.29) is 11.9 Å². The summed E-state index contributed by atoms with van der Waals surface area (Å²) in [5.74, 6) is -1.57. The zero-order valence-corrected chi connectivity index (χ0v) is 12.4. The molecule has 1 aliphatic heterocycles. The molecule has 2 atom stereocenters. The monoisotopic (exact) mass is 298 g/mol. The van der Waals surface area contributed by atoms with Crippen molar-refractivity contribution in [2.45, 2.75) is 57.2 Å². The van der Waals surface area contributed by atoms with Crippen LogP contribution in [0.2, 0.25) is 0 Å². The number of carbonyl (C=O) groups is 3. The highest BCUT2D eigenvalue weighted by Gasteiger charge is 2.53. The molecule has 0 aromatic rings. The number of carboxylic acids is 1. The van der Waals surface area contributed by atoms with Gasteiger partial charge in [-0.05, 0) is 39.5 Å². The normalized spacial score (nSPS) is 24.5. The molecule has 1 heterocycles. The van der Waals surface area contributed by atoms with Crippen molar-refractivity contribution in [2.24, 2.45) is 0 Å². The third-order valence-corrected chi connectivity index (χ3v) is 4.10. The average Bonchev–Trinajstić information content (AvgIpc) is 3.04. The topological polar surface area (TPSA) is 95.9 Å². The van der Waals surface area contributed by atoms with E-state index in [0.29, 0.717) is 38.8 Å². The third kappa shape index (κ3) is 3.18. The number of esters is 1. The van der Waals surface area contributed by atoms with Gasteiger partial charge >= 0.3 is 11.9 Å². The van der Waals surface area contributed by atoms with Crippen LogP contribution >= 0.6 is 0 Å². The number of aliphatic carboxylic acids is 1. The number of carboxylic acid groups (broad SMARTS) is 1. The van der Waals surface area contributed by atoms with E-state index in [1.165, 1.54) is 4.90 Å². The minimum Gasteiger partial charge on any atom is -0.480 e. The maximum absolute atomic E-state index is 12.4. The average molecular weight is 298 g/mol. The molecule has 0 bridgehead atoms. The van der Waals surface area contributed by atoms with Gasteiger partial charge in [0, 0.05) is 6.54 Å². The van der Waals surface area contributed by atoms with Gasteiger partial charge in [-0.3, -0.25) is 14.9 Å². The molecule has 0 aromatic heterocycles. The molecule has 0 spiro atoms. The van der Waals surface area contributed by atoms with Gasteiger partial charge in [-0.1, -0.05) is 0 Å². The van der Waals surface area contributed by atoms with Crippen LogP contribution in [-0.4, -0.2) is 58.6 Å². The van der Waals surface area contributed by atoms with Crippen molar-refractivity contribution < 1.29 is 24.2 Å². The van der Waals surface area contributed by atoms with Crippen LogP contribution in [0.3, 0.4) is 0 Å². The third-order valence-electron chi connectivity index (χ3n) is 4.10. The van der Waals surface area contributed by atoms with Gasteiger partial charge in [0.05, 0.1) is 12.6 Å². The fourth-order valence-electron chi connectivity index (χ4n) is 2.81. The van der Waals surface area contributed by atoms with Crippen LogP contribution in [0.4, 0.5) is 0 Å². The Morgan fingerprint density at radius 3 is 2.62 bits per heavy atom. The van der Waals surface area contributed by atoms with Gasteiger partial charge in [-0.25, -0.2) is 4.79 Å². The van der Waals surface area contributed by atoms with Crippen molar-refractivity contribution >= 4 is 17.8 Å². The molecule has 1 saturated carbocycles. The second kappa shape index (κ2) is 6.01. The first kappa shape index (κ1) is 15.8. The Morgan fingerprint density at radius 2 is 2.10 bits per heavy atom. The number of nitrogens with zero attached hydrogens (tertiary/aromatic N) is 1. The van der Waals surface area contributed by atoms with E-state index in [1.807, 2.05) is 0 Å². The van der Waals surface area contributed by atoms with Crippen molar-refractivity contribution in [3.63, 3.8) is 0 Å². The molecule has 2 fully saturated rings. The minimum absolute atomic E-state index is 0.268. The number of rotatable bonds is 6. The van der Waals surface area contributed by atoms with Crippen molar-refractivity contribution in [1.82, 2.24) is 10.2 Å². The Bertz CT molecular complexity index is 447. The van der Waals surface area contributed by atoms with Gasteiger partial charge in [0.25, 0.3) is 0 Å². The van der Waals surface area contributed by atoms with Crippen molar-refractivity contribution in [1.29, 1.82) is 0 Å². The van der Waals surface area contributed by atoms with Gasteiger partial charge in [-0.15, -0.1) is 0 Å². The summed E-state index contributed by atoms with van der Waals surface area (Å²) in [5, 5.41) is 12.2. The van der Waals surface area contributed by atoms with Crippen molar-refractivity contribution in [2.75, 3.05) is 13.2 Å². The first-order valence-corrected chi connectivity index (χ1v) is 7.39. The zero-order chi connectivity index (χ0) is 15.6. The van der Waals surface area contributed by atoms with E-state index >= 15 is 0 Å². The molecule has 2 unspecified atom stereocenters. The molecule has 21 heavy (non-hydrogen) atoms.